The van der Waals surface area contributed by atoms with Crippen LogP contribution in [0.25, 0.3) is 0 Å². The van der Waals surface area contributed by atoms with Gasteiger partial charge in [0.05, 0.1) is 13.2 Å². The Kier molecular flexibility index (Phi) is 6.80. The molecule has 0 bridgehead atoms. The molecular weight excluding hydrogens is 224 g/mol. The van der Waals surface area contributed by atoms with Crippen molar-refractivity contribution in [2.75, 3.05) is 13.2 Å². The number of carbonyl (C=O) groups excluding carboxylic acids is 2. The number of nitriles is 2. The number of esters is 2. The molecule has 0 saturated heterocycles. The normalized spacial score (nSPS) is 8.76. The molecule has 0 aromatic carbocycles. The van der Waals surface area contributed by atoms with Gasteiger partial charge in [0.1, 0.15) is 17.7 Å². The van der Waals surface area contributed by atoms with Gasteiger partial charge in [-0.05, 0) is 19.9 Å². The third-order valence-corrected chi connectivity index (χ3v) is 1.66. The minimum absolute atomic E-state index is 0.0943. The molecule has 0 aliphatic rings. The molecule has 17 heavy (non-hydrogen) atoms. The van der Waals surface area contributed by atoms with Gasteiger partial charge in [-0.2, -0.15) is 10.5 Å². The second-order valence-electron chi connectivity index (χ2n) is 2.79. The topological polar surface area (TPSA) is 100 Å². The summed E-state index contributed by atoms with van der Waals surface area (Å²) >= 11 is 0. The Hall–Kier alpha value is -2.34. The lowest BCUT2D eigenvalue weighted by molar-refractivity contribution is -0.158. The Balaban J connectivity index is 5.07. The second kappa shape index (κ2) is 7.89. The Morgan fingerprint density at radius 3 is 1.82 bits per heavy atom. The molecule has 0 saturated carbocycles. The molecule has 0 N–H and O–H groups in total. The molecule has 6 nitrogen and oxygen atoms in total. The maximum Gasteiger partial charge on any atom is 0.324 e. The minimum atomic E-state index is -1.37. The van der Waals surface area contributed by atoms with Crippen LogP contribution in [0.5, 0.6) is 0 Å². The predicted octanol–water partition coefficient (Wildman–Crippen LogP) is 0.702. The van der Waals surface area contributed by atoms with Gasteiger partial charge in [0.25, 0.3) is 0 Å². The molecule has 0 heterocycles. The van der Waals surface area contributed by atoms with Crippen LogP contribution in [0, 0.1) is 28.6 Å². The van der Waals surface area contributed by atoms with Crippen LogP contribution in [0.15, 0.2) is 11.6 Å². The van der Waals surface area contributed by atoms with Crippen LogP contribution in [0.3, 0.4) is 0 Å². The molecule has 0 atom stereocenters. The second-order valence-corrected chi connectivity index (χ2v) is 2.79. The van der Waals surface area contributed by atoms with E-state index in [0.29, 0.717) is 0 Å². The van der Waals surface area contributed by atoms with Crippen LogP contribution >= 0.6 is 0 Å². The van der Waals surface area contributed by atoms with Gasteiger partial charge in [0.15, 0.2) is 5.92 Å². The van der Waals surface area contributed by atoms with Crippen molar-refractivity contribution >= 4 is 11.9 Å². The Morgan fingerprint density at radius 1 is 1.12 bits per heavy atom. The van der Waals surface area contributed by atoms with E-state index >= 15 is 0 Å². The zero-order valence-corrected chi connectivity index (χ0v) is 9.60. The number of ether oxygens (including phenoxy) is 2. The zero-order valence-electron chi connectivity index (χ0n) is 9.60. The van der Waals surface area contributed by atoms with Crippen LogP contribution in [0.1, 0.15) is 13.8 Å². The van der Waals surface area contributed by atoms with Crippen LogP contribution in [-0.4, -0.2) is 25.2 Å². The van der Waals surface area contributed by atoms with Gasteiger partial charge in [-0.1, -0.05) is 0 Å². The van der Waals surface area contributed by atoms with E-state index in [4.69, 9.17) is 10.5 Å². The average molecular weight is 236 g/mol. The van der Waals surface area contributed by atoms with E-state index in [9.17, 15) is 9.59 Å². The third kappa shape index (κ3) is 4.80. The van der Waals surface area contributed by atoms with Gasteiger partial charge in [-0.15, -0.1) is 0 Å². The summed E-state index contributed by atoms with van der Waals surface area (Å²) in [5.41, 5.74) is -0.337. The van der Waals surface area contributed by atoms with Crippen molar-refractivity contribution in [1.29, 1.82) is 10.5 Å². The van der Waals surface area contributed by atoms with Gasteiger partial charge in [0.2, 0.25) is 0 Å². The maximum atomic E-state index is 11.4. The first kappa shape index (κ1) is 14.7. The number of nitrogens with zero attached hydrogens (tertiary/aromatic N) is 2. The molecule has 0 rings (SSSR count). The highest BCUT2D eigenvalue weighted by molar-refractivity contribution is 5.97. The number of hydrogen-bond acceptors (Lipinski definition) is 6. The fourth-order valence-electron chi connectivity index (χ4n) is 0.963. The van der Waals surface area contributed by atoms with Crippen molar-refractivity contribution in [3.05, 3.63) is 11.6 Å². The lowest BCUT2D eigenvalue weighted by Gasteiger charge is -2.10. The summed E-state index contributed by atoms with van der Waals surface area (Å²) in [4.78, 5) is 22.9. The van der Waals surface area contributed by atoms with Gasteiger partial charge < -0.3 is 9.47 Å². The average Bonchev–Trinajstić information content (AvgIpc) is 2.31. The molecule has 0 aromatic heterocycles. The van der Waals surface area contributed by atoms with Gasteiger partial charge in [0, 0.05) is 0 Å². The molecule has 0 aliphatic carbocycles. The van der Waals surface area contributed by atoms with Crippen molar-refractivity contribution in [3.63, 3.8) is 0 Å². The molecule has 0 radical (unpaired) electrons. The molecule has 0 aromatic rings. The monoisotopic (exact) mass is 236 g/mol. The van der Waals surface area contributed by atoms with Crippen molar-refractivity contribution in [1.82, 2.24) is 0 Å². The van der Waals surface area contributed by atoms with Gasteiger partial charge in [-0.3, -0.25) is 9.59 Å². The SMILES string of the molecule is CCOC(=O)C(C=C(C#N)C#N)C(=O)OCC. The molecule has 90 valence electrons. The van der Waals surface area contributed by atoms with Crippen LogP contribution in [0.2, 0.25) is 0 Å². The summed E-state index contributed by atoms with van der Waals surface area (Å²) in [6, 6.07) is 3.12. The third-order valence-electron chi connectivity index (χ3n) is 1.66. The first-order valence-electron chi connectivity index (χ1n) is 4.95. The predicted molar refractivity (Wildman–Crippen MR) is 56.1 cm³/mol. The summed E-state index contributed by atoms with van der Waals surface area (Å²) in [7, 11) is 0. The first-order valence-corrected chi connectivity index (χ1v) is 4.95. The van der Waals surface area contributed by atoms with E-state index in [0.717, 1.165) is 6.08 Å². The van der Waals surface area contributed by atoms with Crippen molar-refractivity contribution in [2.45, 2.75) is 13.8 Å². The maximum absolute atomic E-state index is 11.4. The fraction of sp³-hybridized carbons (Fsp3) is 0.455. The quantitative estimate of drug-likeness (QED) is 0.395. The van der Waals surface area contributed by atoms with Crippen molar-refractivity contribution in [3.8, 4) is 12.1 Å². The Morgan fingerprint density at radius 2 is 1.53 bits per heavy atom. The highest BCUT2D eigenvalue weighted by Crippen LogP contribution is 2.09. The lowest BCUT2D eigenvalue weighted by atomic mass is 10.1. The summed E-state index contributed by atoms with van der Waals surface area (Å²) in [5.74, 6) is -3.05. The molecule has 0 fully saturated rings. The van der Waals surface area contributed by atoms with Crippen LogP contribution in [0.4, 0.5) is 0 Å². The van der Waals surface area contributed by atoms with E-state index in [-0.39, 0.29) is 18.8 Å². The molecule has 0 unspecified atom stereocenters. The van der Waals surface area contributed by atoms with E-state index in [1.54, 1.807) is 26.0 Å². The Bertz CT molecular complexity index is 367. The number of carbonyl (C=O) groups is 2. The molecule has 0 amide bonds. The van der Waals surface area contributed by atoms with Crippen molar-refractivity contribution < 1.29 is 19.1 Å². The Labute approximate surface area is 99.0 Å². The summed E-state index contributed by atoms with van der Waals surface area (Å²) < 4.78 is 9.32. The van der Waals surface area contributed by atoms with E-state index in [1.807, 2.05) is 0 Å². The minimum Gasteiger partial charge on any atom is -0.465 e. The standard InChI is InChI=1S/C11H12N2O4/c1-3-16-10(14)9(11(15)17-4-2)5-8(6-12)7-13/h5,9H,3-4H2,1-2H3. The summed E-state index contributed by atoms with van der Waals surface area (Å²) in [6.45, 7) is 3.35. The van der Waals surface area contributed by atoms with E-state index in [2.05, 4.69) is 9.47 Å². The number of hydrogen-bond donors (Lipinski definition) is 0. The number of allylic oxidation sites excluding steroid dienone is 1. The highest BCUT2D eigenvalue weighted by Gasteiger charge is 2.28. The van der Waals surface area contributed by atoms with Gasteiger partial charge in [-0.25, -0.2) is 0 Å². The molecule has 0 aliphatic heterocycles. The van der Waals surface area contributed by atoms with Crippen molar-refractivity contribution in [2.24, 2.45) is 5.92 Å². The number of rotatable bonds is 5. The smallest absolute Gasteiger partial charge is 0.324 e. The first-order chi connectivity index (χ1) is 8.10. The molecular formula is C11H12N2O4. The molecule has 0 spiro atoms. The van der Waals surface area contributed by atoms with Crippen LogP contribution in [-0.2, 0) is 19.1 Å². The van der Waals surface area contributed by atoms with Gasteiger partial charge >= 0.3 is 11.9 Å². The molecule has 6 heteroatoms. The largest absolute Gasteiger partial charge is 0.465 e. The van der Waals surface area contributed by atoms with E-state index < -0.39 is 17.9 Å². The lowest BCUT2D eigenvalue weighted by Crippen LogP contribution is -2.26. The van der Waals surface area contributed by atoms with Crippen LogP contribution < -0.4 is 0 Å². The fourth-order valence-corrected chi connectivity index (χ4v) is 0.963. The highest BCUT2D eigenvalue weighted by atomic mass is 16.6. The summed E-state index contributed by atoms with van der Waals surface area (Å²) in [6.07, 6.45) is 0.940. The van der Waals surface area contributed by atoms with E-state index in [1.165, 1.54) is 0 Å². The summed E-state index contributed by atoms with van der Waals surface area (Å²) in [5, 5.41) is 17.1. The zero-order chi connectivity index (χ0) is 13.3.